The molecule has 1 aliphatic rings. The molecule has 1 aromatic carbocycles. The summed E-state index contributed by atoms with van der Waals surface area (Å²) in [6.07, 6.45) is 2.96. The molecule has 114 valence electrons. The van der Waals surface area contributed by atoms with Gasteiger partial charge in [-0.25, -0.2) is 4.39 Å². The van der Waals surface area contributed by atoms with E-state index in [4.69, 9.17) is 10.8 Å². The third kappa shape index (κ3) is 4.01. The first-order chi connectivity index (χ1) is 9.97. The van der Waals surface area contributed by atoms with Crippen LogP contribution in [0.5, 0.6) is 0 Å². The van der Waals surface area contributed by atoms with E-state index in [-0.39, 0.29) is 24.1 Å². The number of carbonyl (C=O) groups excluding carboxylic acids is 1. The molecule has 21 heavy (non-hydrogen) atoms. The van der Waals surface area contributed by atoms with Crippen molar-refractivity contribution in [2.24, 2.45) is 11.7 Å². The molecule has 2 rings (SSSR count). The van der Waals surface area contributed by atoms with Gasteiger partial charge in [0, 0.05) is 23.7 Å². The van der Waals surface area contributed by atoms with Gasteiger partial charge >= 0.3 is 5.97 Å². The van der Waals surface area contributed by atoms with Crippen LogP contribution in [0.15, 0.2) is 18.2 Å². The van der Waals surface area contributed by atoms with Crippen molar-refractivity contribution in [2.45, 2.75) is 38.3 Å². The minimum Gasteiger partial charge on any atom is -0.481 e. The zero-order valence-electron chi connectivity index (χ0n) is 11.6. The number of hydrogen-bond acceptors (Lipinski definition) is 3. The Morgan fingerprint density at radius 2 is 2.14 bits per heavy atom. The summed E-state index contributed by atoms with van der Waals surface area (Å²) in [5.41, 5.74) is 5.80. The van der Waals surface area contributed by atoms with Crippen molar-refractivity contribution in [3.63, 3.8) is 0 Å². The van der Waals surface area contributed by atoms with E-state index in [1.807, 2.05) is 0 Å². The van der Waals surface area contributed by atoms with E-state index in [1.54, 1.807) is 0 Å². The van der Waals surface area contributed by atoms with Gasteiger partial charge < -0.3 is 16.2 Å². The SMILES string of the molecule is NC(=O)c1ccc(F)c(CNC2CCCC(C(=O)O)C2)c1. The fourth-order valence-corrected chi connectivity index (χ4v) is 2.72. The Balaban J connectivity index is 1.98. The standard InChI is InChI=1S/C15H19FN2O3/c16-13-5-4-9(14(17)19)6-11(13)8-18-12-3-1-2-10(7-12)15(20)21/h4-6,10,12,18H,1-3,7-8H2,(H2,17,19)(H,20,21). The molecule has 0 saturated heterocycles. The van der Waals surface area contributed by atoms with Crippen molar-refractivity contribution in [2.75, 3.05) is 0 Å². The lowest BCUT2D eigenvalue weighted by Gasteiger charge is -2.27. The fraction of sp³-hybridized carbons (Fsp3) is 0.467. The lowest BCUT2D eigenvalue weighted by molar-refractivity contribution is -0.143. The maximum atomic E-state index is 13.7. The van der Waals surface area contributed by atoms with Crippen LogP contribution in [0.1, 0.15) is 41.6 Å². The lowest BCUT2D eigenvalue weighted by atomic mass is 9.85. The molecule has 2 unspecified atom stereocenters. The summed E-state index contributed by atoms with van der Waals surface area (Å²) < 4.78 is 13.7. The maximum absolute atomic E-state index is 13.7. The quantitative estimate of drug-likeness (QED) is 0.770. The minimum absolute atomic E-state index is 0.0523. The van der Waals surface area contributed by atoms with Gasteiger partial charge in [0.1, 0.15) is 5.82 Å². The largest absolute Gasteiger partial charge is 0.481 e. The molecule has 1 aliphatic carbocycles. The van der Waals surface area contributed by atoms with E-state index in [2.05, 4.69) is 5.32 Å². The van der Waals surface area contributed by atoms with Crippen molar-refractivity contribution in [1.82, 2.24) is 5.32 Å². The summed E-state index contributed by atoms with van der Waals surface area (Å²) in [4.78, 5) is 22.1. The molecule has 0 spiro atoms. The van der Waals surface area contributed by atoms with E-state index in [1.165, 1.54) is 18.2 Å². The van der Waals surface area contributed by atoms with Crippen molar-refractivity contribution in [3.05, 3.63) is 35.1 Å². The topological polar surface area (TPSA) is 92.4 Å². The summed E-state index contributed by atoms with van der Waals surface area (Å²) >= 11 is 0. The number of hydrogen-bond donors (Lipinski definition) is 3. The third-order valence-electron chi connectivity index (χ3n) is 3.93. The number of halogens is 1. The van der Waals surface area contributed by atoms with Crippen LogP contribution < -0.4 is 11.1 Å². The molecule has 0 aromatic heterocycles. The number of nitrogens with one attached hydrogen (secondary N) is 1. The van der Waals surface area contributed by atoms with Crippen LogP contribution in [0.25, 0.3) is 0 Å². The smallest absolute Gasteiger partial charge is 0.306 e. The maximum Gasteiger partial charge on any atom is 0.306 e. The summed E-state index contributed by atoms with van der Waals surface area (Å²) in [7, 11) is 0. The Kier molecular flexibility index (Phi) is 4.90. The van der Waals surface area contributed by atoms with Gasteiger partial charge in [0.05, 0.1) is 5.92 Å². The molecule has 1 amide bonds. The summed E-state index contributed by atoms with van der Waals surface area (Å²) in [5.74, 6) is -2.11. The third-order valence-corrected chi connectivity index (χ3v) is 3.93. The van der Waals surface area contributed by atoms with Gasteiger partial charge in [-0.05, 0) is 37.5 Å². The first kappa shape index (κ1) is 15.4. The number of primary amides is 1. The Morgan fingerprint density at radius 1 is 1.38 bits per heavy atom. The van der Waals surface area contributed by atoms with Crippen molar-refractivity contribution in [1.29, 1.82) is 0 Å². The normalized spacial score (nSPS) is 22.0. The summed E-state index contributed by atoms with van der Waals surface area (Å²) in [5, 5.41) is 12.2. The van der Waals surface area contributed by atoms with Crippen molar-refractivity contribution < 1.29 is 19.1 Å². The predicted molar refractivity (Wildman–Crippen MR) is 75.1 cm³/mol. The van der Waals surface area contributed by atoms with E-state index in [0.29, 0.717) is 18.4 Å². The molecule has 1 aromatic rings. The molecular formula is C15H19FN2O3. The number of amides is 1. The average molecular weight is 294 g/mol. The Hall–Kier alpha value is -1.95. The summed E-state index contributed by atoms with van der Waals surface area (Å²) in [6, 6.07) is 4.05. The predicted octanol–water partition coefficient (Wildman–Crippen LogP) is 1.66. The van der Waals surface area contributed by atoms with Crippen molar-refractivity contribution in [3.8, 4) is 0 Å². The van der Waals surface area contributed by atoms with E-state index in [9.17, 15) is 14.0 Å². The van der Waals surface area contributed by atoms with Crippen molar-refractivity contribution >= 4 is 11.9 Å². The highest BCUT2D eigenvalue weighted by molar-refractivity contribution is 5.92. The molecule has 1 fully saturated rings. The van der Waals surface area contributed by atoms with Crippen LogP contribution in [0.2, 0.25) is 0 Å². The number of rotatable bonds is 5. The number of benzene rings is 1. The molecule has 1 saturated carbocycles. The molecular weight excluding hydrogens is 275 g/mol. The molecule has 5 nitrogen and oxygen atoms in total. The van der Waals surface area contributed by atoms with E-state index < -0.39 is 17.7 Å². The Bertz CT molecular complexity index is 548. The molecule has 0 aliphatic heterocycles. The number of nitrogens with two attached hydrogens (primary N) is 1. The zero-order valence-corrected chi connectivity index (χ0v) is 11.6. The molecule has 0 radical (unpaired) electrons. The van der Waals surface area contributed by atoms with Gasteiger partial charge in [-0.1, -0.05) is 6.42 Å². The summed E-state index contributed by atoms with van der Waals surface area (Å²) in [6.45, 7) is 0.254. The van der Waals surface area contributed by atoms with Gasteiger partial charge in [0.15, 0.2) is 0 Å². The Morgan fingerprint density at radius 3 is 2.81 bits per heavy atom. The average Bonchev–Trinajstić information content (AvgIpc) is 2.46. The Labute approximate surface area is 122 Å². The van der Waals surface area contributed by atoms with Crippen LogP contribution in [0, 0.1) is 11.7 Å². The second-order valence-electron chi connectivity index (χ2n) is 5.45. The number of carboxylic acids is 1. The van der Waals surface area contributed by atoms with Gasteiger partial charge in [-0.15, -0.1) is 0 Å². The van der Waals surface area contributed by atoms with Gasteiger partial charge in [-0.3, -0.25) is 9.59 Å². The number of carbonyl (C=O) groups is 2. The monoisotopic (exact) mass is 294 g/mol. The first-order valence-electron chi connectivity index (χ1n) is 7.01. The molecule has 2 atom stereocenters. The van der Waals surface area contributed by atoms with E-state index >= 15 is 0 Å². The zero-order chi connectivity index (χ0) is 15.4. The van der Waals surface area contributed by atoms with E-state index in [0.717, 1.165) is 12.8 Å². The molecule has 6 heteroatoms. The van der Waals surface area contributed by atoms with Crippen LogP contribution in [0.3, 0.4) is 0 Å². The number of carboxylic acid groups (broad SMARTS) is 1. The van der Waals surface area contributed by atoms with Crippen LogP contribution in [-0.2, 0) is 11.3 Å². The highest BCUT2D eigenvalue weighted by Gasteiger charge is 2.26. The molecule has 0 bridgehead atoms. The van der Waals surface area contributed by atoms with Gasteiger partial charge in [-0.2, -0.15) is 0 Å². The number of aliphatic carboxylic acids is 1. The van der Waals surface area contributed by atoms with Gasteiger partial charge in [0.25, 0.3) is 0 Å². The van der Waals surface area contributed by atoms with Crippen LogP contribution in [0.4, 0.5) is 4.39 Å². The highest BCUT2D eigenvalue weighted by Crippen LogP contribution is 2.24. The first-order valence-corrected chi connectivity index (χ1v) is 7.01. The van der Waals surface area contributed by atoms with Crippen LogP contribution in [-0.4, -0.2) is 23.0 Å². The lowest BCUT2D eigenvalue weighted by Crippen LogP contribution is -2.36. The van der Waals surface area contributed by atoms with Crippen LogP contribution >= 0.6 is 0 Å². The second-order valence-corrected chi connectivity index (χ2v) is 5.45. The highest BCUT2D eigenvalue weighted by atomic mass is 19.1. The molecule has 0 heterocycles. The second kappa shape index (κ2) is 6.67. The molecule has 4 N–H and O–H groups in total. The fourth-order valence-electron chi connectivity index (χ4n) is 2.72. The van der Waals surface area contributed by atoms with Gasteiger partial charge in [0.2, 0.25) is 5.91 Å². The minimum atomic E-state index is -0.775.